The van der Waals surface area contributed by atoms with Crippen LogP contribution in [0.25, 0.3) is 22.4 Å². The molecule has 0 atom stereocenters. The molecule has 108 valence electrons. The third-order valence-electron chi connectivity index (χ3n) is 3.17. The molecule has 6 heteroatoms. The number of H-pyrrole nitrogens is 1. The van der Waals surface area contributed by atoms with Crippen molar-refractivity contribution in [3.63, 3.8) is 0 Å². The lowest BCUT2D eigenvalue weighted by molar-refractivity contribution is -0.137. The molecule has 0 spiro atoms. The zero-order valence-electron chi connectivity index (χ0n) is 11.0. The molecule has 1 N–H and O–H groups in total. The quantitative estimate of drug-likeness (QED) is 0.766. The molecule has 0 saturated carbocycles. The van der Waals surface area contributed by atoms with E-state index in [-0.39, 0.29) is 0 Å². The smallest absolute Gasteiger partial charge is 0.416 e. The standard InChI is InChI=1S/C15H11F3N2O/c1-21-13-5-3-2-4-10(13)14-19-11-7-6-9(15(16,17)18)8-12(11)20-14/h2-8H,1H3,(H,19,20). The second kappa shape index (κ2) is 4.80. The first kappa shape index (κ1) is 13.5. The molecular formula is C15H11F3N2O. The molecule has 1 aromatic heterocycles. The van der Waals surface area contributed by atoms with Crippen LogP contribution in [0, 0.1) is 0 Å². The second-order valence-electron chi connectivity index (χ2n) is 4.52. The summed E-state index contributed by atoms with van der Waals surface area (Å²) < 4.78 is 43.4. The van der Waals surface area contributed by atoms with Crippen molar-refractivity contribution in [3.8, 4) is 17.1 Å². The number of benzene rings is 2. The summed E-state index contributed by atoms with van der Waals surface area (Å²) in [7, 11) is 1.53. The number of rotatable bonds is 2. The molecule has 0 aliphatic rings. The Balaban J connectivity index is 2.13. The molecule has 0 amide bonds. The average molecular weight is 292 g/mol. The number of para-hydroxylation sites is 1. The Morgan fingerprint density at radius 1 is 1.10 bits per heavy atom. The van der Waals surface area contributed by atoms with Crippen LogP contribution in [-0.2, 0) is 6.18 Å². The van der Waals surface area contributed by atoms with Gasteiger partial charge in [0.2, 0.25) is 0 Å². The molecule has 1 heterocycles. The molecule has 0 aliphatic carbocycles. The van der Waals surface area contributed by atoms with Crippen molar-refractivity contribution in [1.82, 2.24) is 9.97 Å². The number of nitrogens with one attached hydrogen (secondary N) is 1. The number of aromatic nitrogens is 2. The van der Waals surface area contributed by atoms with E-state index in [0.29, 0.717) is 28.2 Å². The molecule has 3 rings (SSSR count). The Morgan fingerprint density at radius 2 is 1.86 bits per heavy atom. The molecular weight excluding hydrogens is 281 g/mol. The molecule has 21 heavy (non-hydrogen) atoms. The summed E-state index contributed by atoms with van der Waals surface area (Å²) in [4.78, 5) is 7.22. The summed E-state index contributed by atoms with van der Waals surface area (Å²) in [5.74, 6) is 1.08. The van der Waals surface area contributed by atoms with E-state index in [2.05, 4.69) is 9.97 Å². The van der Waals surface area contributed by atoms with Gasteiger partial charge >= 0.3 is 6.18 Å². The van der Waals surface area contributed by atoms with Crippen LogP contribution in [0.4, 0.5) is 13.2 Å². The fraction of sp³-hybridized carbons (Fsp3) is 0.133. The van der Waals surface area contributed by atoms with E-state index in [0.717, 1.165) is 12.1 Å². The lowest BCUT2D eigenvalue weighted by Gasteiger charge is -2.05. The fourth-order valence-electron chi connectivity index (χ4n) is 2.15. The number of ether oxygens (including phenoxy) is 1. The highest BCUT2D eigenvalue weighted by molar-refractivity contribution is 5.81. The van der Waals surface area contributed by atoms with Gasteiger partial charge in [0.05, 0.1) is 29.3 Å². The molecule has 0 aliphatic heterocycles. The highest BCUT2D eigenvalue weighted by atomic mass is 19.4. The summed E-state index contributed by atoms with van der Waals surface area (Å²) in [6, 6.07) is 10.6. The van der Waals surface area contributed by atoms with Crippen LogP contribution in [-0.4, -0.2) is 17.1 Å². The Labute approximate surface area is 118 Å². The summed E-state index contributed by atoms with van der Waals surface area (Å²) >= 11 is 0. The van der Waals surface area contributed by atoms with Crippen molar-refractivity contribution >= 4 is 11.0 Å². The Kier molecular flexibility index (Phi) is 3.08. The van der Waals surface area contributed by atoms with Gasteiger partial charge in [-0.3, -0.25) is 0 Å². The monoisotopic (exact) mass is 292 g/mol. The average Bonchev–Trinajstić information content (AvgIpc) is 2.89. The molecule has 3 nitrogen and oxygen atoms in total. The molecule has 0 saturated heterocycles. The van der Waals surface area contributed by atoms with Crippen LogP contribution >= 0.6 is 0 Å². The van der Waals surface area contributed by atoms with E-state index in [1.54, 1.807) is 12.1 Å². The Morgan fingerprint density at radius 3 is 2.57 bits per heavy atom. The van der Waals surface area contributed by atoms with Crippen LogP contribution < -0.4 is 4.74 Å². The molecule has 0 fully saturated rings. The minimum atomic E-state index is -4.37. The number of fused-ring (bicyclic) bond motifs is 1. The number of alkyl halides is 3. The van der Waals surface area contributed by atoms with Crippen LogP contribution in [0.3, 0.4) is 0 Å². The van der Waals surface area contributed by atoms with Crippen molar-refractivity contribution in [2.75, 3.05) is 7.11 Å². The lowest BCUT2D eigenvalue weighted by Crippen LogP contribution is -2.04. The molecule has 0 unspecified atom stereocenters. The Bertz CT molecular complexity index is 793. The van der Waals surface area contributed by atoms with E-state index in [9.17, 15) is 13.2 Å². The van der Waals surface area contributed by atoms with Gasteiger partial charge in [0.25, 0.3) is 0 Å². The van der Waals surface area contributed by atoms with Gasteiger partial charge in [-0.2, -0.15) is 13.2 Å². The van der Waals surface area contributed by atoms with Crippen molar-refractivity contribution in [2.24, 2.45) is 0 Å². The van der Waals surface area contributed by atoms with Crippen molar-refractivity contribution in [3.05, 3.63) is 48.0 Å². The predicted molar refractivity (Wildman–Crippen MR) is 73.1 cm³/mol. The Hall–Kier alpha value is -2.50. The van der Waals surface area contributed by atoms with Crippen LogP contribution in [0.1, 0.15) is 5.56 Å². The van der Waals surface area contributed by atoms with E-state index in [1.165, 1.54) is 13.2 Å². The number of methoxy groups -OCH3 is 1. The number of aromatic amines is 1. The topological polar surface area (TPSA) is 37.9 Å². The molecule has 2 aromatic carbocycles. The van der Waals surface area contributed by atoms with Gasteiger partial charge < -0.3 is 9.72 Å². The van der Waals surface area contributed by atoms with Gasteiger partial charge in [-0.1, -0.05) is 12.1 Å². The number of nitrogens with zero attached hydrogens (tertiary/aromatic N) is 1. The number of hydrogen-bond donors (Lipinski definition) is 1. The van der Waals surface area contributed by atoms with E-state index < -0.39 is 11.7 Å². The van der Waals surface area contributed by atoms with Gasteiger partial charge in [-0.25, -0.2) is 4.98 Å². The minimum Gasteiger partial charge on any atom is -0.496 e. The normalized spacial score (nSPS) is 11.8. The maximum atomic E-state index is 12.7. The summed E-state index contributed by atoms with van der Waals surface area (Å²) in [6.45, 7) is 0. The first-order valence-electron chi connectivity index (χ1n) is 6.19. The maximum Gasteiger partial charge on any atom is 0.416 e. The van der Waals surface area contributed by atoms with Crippen molar-refractivity contribution < 1.29 is 17.9 Å². The van der Waals surface area contributed by atoms with E-state index in [1.807, 2.05) is 12.1 Å². The van der Waals surface area contributed by atoms with E-state index in [4.69, 9.17) is 4.74 Å². The summed E-state index contributed by atoms with van der Waals surface area (Å²) in [6.07, 6.45) is -4.37. The third-order valence-corrected chi connectivity index (χ3v) is 3.17. The summed E-state index contributed by atoms with van der Waals surface area (Å²) in [5, 5.41) is 0. The number of hydrogen-bond acceptors (Lipinski definition) is 2. The van der Waals surface area contributed by atoms with Crippen molar-refractivity contribution in [2.45, 2.75) is 6.18 Å². The number of halogens is 3. The number of imidazole rings is 1. The SMILES string of the molecule is COc1ccccc1-c1nc2ccc(C(F)(F)F)cc2[nH]1. The molecule has 0 radical (unpaired) electrons. The first-order valence-corrected chi connectivity index (χ1v) is 6.19. The zero-order valence-corrected chi connectivity index (χ0v) is 11.0. The van der Waals surface area contributed by atoms with E-state index >= 15 is 0 Å². The summed E-state index contributed by atoms with van der Waals surface area (Å²) in [5.41, 5.74) is 0.810. The van der Waals surface area contributed by atoms with Crippen LogP contribution in [0.5, 0.6) is 5.75 Å². The first-order chi connectivity index (χ1) is 9.99. The molecule has 0 bridgehead atoms. The minimum absolute atomic E-state index is 0.339. The van der Waals surface area contributed by atoms with Gasteiger partial charge in [-0.15, -0.1) is 0 Å². The van der Waals surface area contributed by atoms with Gasteiger partial charge in [0.15, 0.2) is 0 Å². The van der Waals surface area contributed by atoms with Crippen LogP contribution in [0.2, 0.25) is 0 Å². The van der Waals surface area contributed by atoms with Gasteiger partial charge in [0.1, 0.15) is 11.6 Å². The van der Waals surface area contributed by atoms with Gasteiger partial charge in [-0.05, 0) is 30.3 Å². The molecule has 3 aromatic rings. The zero-order chi connectivity index (χ0) is 15.0. The fourth-order valence-corrected chi connectivity index (χ4v) is 2.15. The highest BCUT2D eigenvalue weighted by Crippen LogP contribution is 2.33. The third kappa shape index (κ3) is 2.44. The van der Waals surface area contributed by atoms with Gasteiger partial charge in [0, 0.05) is 0 Å². The lowest BCUT2D eigenvalue weighted by atomic mass is 10.2. The van der Waals surface area contributed by atoms with Crippen molar-refractivity contribution in [1.29, 1.82) is 0 Å². The predicted octanol–water partition coefficient (Wildman–Crippen LogP) is 4.26. The second-order valence-corrected chi connectivity index (χ2v) is 4.52. The highest BCUT2D eigenvalue weighted by Gasteiger charge is 2.30. The largest absolute Gasteiger partial charge is 0.496 e. The maximum absolute atomic E-state index is 12.7. The van der Waals surface area contributed by atoms with Crippen LogP contribution in [0.15, 0.2) is 42.5 Å².